The van der Waals surface area contributed by atoms with Crippen LogP contribution in [0.2, 0.25) is 10.0 Å². The highest BCUT2D eigenvalue weighted by Gasteiger charge is 2.15. The van der Waals surface area contributed by atoms with Gasteiger partial charge < -0.3 is 5.73 Å². The Hall–Kier alpha value is -0.670. The minimum absolute atomic E-state index is 0.0746. The molecule has 2 N–H and O–H groups in total. The number of aryl methyl sites for hydroxylation is 1. The summed E-state index contributed by atoms with van der Waals surface area (Å²) in [5, 5.41) is 1.57. The third-order valence-electron chi connectivity index (χ3n) is 4.06. The highest BCUT2D eigenvalue weighted by Crippen LogP contribution is 2.32. The van der Waals surface area contributed by atoms with Gasteiger partial charge in [-0.15, -0.1) is 0 Å². The van der Waals surface area contributed by atoms with Crippen molar-refractivity contribution in [2.24, 2.45) is 5.73 Å². The summed E-state index contributed by atoms with van der Waals surface area (Å²) in [4.78, 5) is 2.24. The third-order valence-corrected chi connectivity index (χ3v) is 5.62. The maximum atomic E-state index is 6.44. The van der Waals surface area contributed by atoms with Gasteiger partial charge in [0.15, 0.2) is 0 Å². The van der Waals surface area contributed by atoms with Crippen molar-refractivity contribution in [1.29, 1.82) is 0 Å². The van der Waals surface area contributed by atoms with Gasteiger partial charge in [0.25, 0.3) is 0 Å². The minimum Gasteiger partial charge on any atom is -0.325 e. The Bertz CT molecular complexity index is 656. The summed E-state index contributed by atoms with van der Waals surface area (Å²) in [5.74, 6) is 0. The molecule has 0 radical (unpaired) electrons. The van der Waals surface area contributed by atoms with E-state index in [-0.39, 0.29) is 5.54 Å². The lowest BCUT2D eigenvalue weighted by molar-refractivity contribution is 0.405. The molecule has 2 rings (SSSR count). The van der Waals surface area contributed by atoms with Gasteiger partial charge >= 0.3 is 0 Å². The summed E-state index contributed by atoms with van der Waals surface area (Å²) in [5.41, 5.74) is 7.31. The molecule has 0 aliphatic carbocycles. The van der Waals surface area contributed by atoms with E-state index in [4.69, 9.17) is 28.9 Å². The predicted molar refractivity (Wildman–Crippen MR) is 103 cm³/mol. The van der Waals surface area contributed by atoms with Crippen molar-refractivity contribution in [2.45, 2.75) is 54.9 Å². The fourth-order valence-electron chi connectivity index (χ4n) is 2.32. The molecule has 0 spiro atoms. The van der Waals surface area contributed by atoms with E-state index < -0.39 is 0 Å². The molecule has 0 bridgehead atoms. The van der Waals surface area contributed by atoms with Crippen LogP contribution in [0.3, 0.4) is 0 Å². The van der Waals surface area contributed by atoms with Gasteiger partial charge in [-0.2, -0.15) is 0 Å². The van der Waals surface area contributed by atoms with Gasteiger partial charge in [0.05, 0.1) is 0 Å². The summed E-state index contributed by atoms with van der Waals surface area (Å²) in [6, 6.07) is 14.1. The molecule has 0 aliphatic heterocycles. The average Bonchev–Trinajstić information content (AvgIpc) is 2.49. The second-order valence-corrected chi connectivity index (χ2v) is 8.16. The van der Waals surface area contributed by atoms with Crippen LogP contribution in [0.1, 0.15) is 38.7 Å². The van der Waals surface area contributed by atoms with Crippen LogP contribution in [-0.2, 0) is 6.42 Å². The van der Waals surface area contributed by atoms with Crippen LogP contribution >= 0.6 is 35.0 Å². The molecule has 0 fully saturated rings. The van der Waals surface area contributed by atoms with E-state index in [0.717, 1.165) is 45.5 Å². The zero-order valence-corrected chi connectivity index (χ0v) is 15.9. The molecule has 4 heteroatoms. The first-order chi connectivity index (χ1) is 10.9. The molecule has 23 heavy (non-hydrogen) atoms. The molecule has 2 aromatic carbocycles. The Morgan fingerprint density at radius 3 is 2.48 bits per heavy atom. The van der Waals surface area contributed by atoms with Gasteiger partial charge in [0, 0.05) is 25.4 Å². The molecular formula is C19H23Cl2NS. The summed E-state index contributed by atoms with van der Waals surface area (Å²) >= 11 is 14.1. The monoisotopic (exact) mass is 367 g/mol. The number of hydrogen-bond acceptors (Lipinski definition) is 2. The first kappa shape index (κ1) is 18.7. The van der Waals surface area contributed by atoms with Crippen molar-refractivity contribution in [3.63, 3.8) is 0 Å². The summed E-state index contributed by atoms with van der Waals surface area (Å²) in [6.07, 6.45) is 4.03. The SMILES string of the molecule is CC[C@](C)(N)CCCc1ccc(Sc2cccc(Cl)c2)cc1Cl. The van der Waals surface area contributed by atoms with Crippen LogP contribution in [0.5, 0.6) is 0 Å². The summed E-state index contributed by atoms with van der Waals surface area (Å²) in [6.45, 7) is 4.24. The molecule has 0 unspecified atom stereocenters. The molecule has 124 valence electrons. The minimum atomic E-state index is -0.0746. The van der Waals surface area contributed by atoms with Crippen LogP contribution in [-0.4, -0.2) is 5.54 Å². The Kier molecular flexibility index (Phi) is 6.84. The first-order valence-electron chi connectivity index (χ1n) is 7.90. The normalized spacial score (nSPS) is 13.8. The van der Waals surface area contributed by atoms with E-state index in [0.29, 0.717) is 0 Å². The summed E-state index contributed by atoms with van der Waals surface area (Å²) < 4.78 is 0. The van der Waals surface area contributed by atoms with Crippen LogP contribution < -0.4 is 5.73 Å². The molecule has 0 saturated carbocycles. The number of hydrogen-bond donors (Lipinski definition) is 1. The molecule has 1 atom stereocenters. The largest absolute Gasteiger partial charge is 0.325 e. The quantitative estimate of drug-likeness (QED) is 0.596. The van der Waals surface area contributed by atoms with Crippen molar-refractivity contribution in [3.05, 3.63) is 58.1 Å². The molecule has 1 nitrogen and oxygen atoms in total. The standard InChI is InChI=1S/C19H23Cl2NS/c1-3-19(2,22)11-5-6-14-9-10-17(13-18(14)21)23-16-8-4-7-15(20)12-16/h4,7-10,12-13H,3,5-6,11,22H2,1-2H3/t19-/m0/s1. The second kappa shape index (κ2) is 8.43. The Morgan fingerprint density at radius 1 is 1.09 bits per heavy atom. The lowest BCUT2D eigenvalue weighted by Gasteiger charge is -2.22. The van der Waals surface area contributed by atoms with E-state index in [1.165, 1.54) is 5.56 Å². The number of nitrogens with two attached hydrogens (primary N) is 1. The number of benzene rings is 2. The second-order valence-electron chi connectivity index (χ2n) is 6.17. The van der Waals surface area contributed by atoms with Crippen LogP contribution in [0.15, 0.2) is 52.3 Å². The van der Waals surface area contributed by atoms with E-state index in [9.17, 15) is 0 Å². The van der Waals surface area contributed by atoms with Gasteiger partial charge in [-0.05, 0) is 68.5 Å². The van der Waals surface area contributed by atoms with Gasteiger partial charge in [-0.25, -0.2) is 0 Å². The Balaban J connectivity index is 1.98. The molecular weight excluding hydrogens is 345 g/mol. The zero-order chi connectivity index (χ0) is 16.9. The lowest BCUT2D eigenvalue weighted by atomic mass is 9.92. The van der Waals surface area contributed by atoms with Crippen LogP contribution in [0.4, 0.5) is 0 Å². The molecule has 0 amide bonds. The average molecular weight is 368 g/mol. The molecule has 0 aromatic heterocycles. The van der Waals surface area contributed by atoms with Crippen molar-refractivity contribution >= 4 is 35.0 Å². The van der Waals surface area contributed by atoms with Crippen LogP contribution in [0.25, 0.3) is 0 Å². The summed E-state index contributed by atoms with van der Waals surface area (Å²) in [7, 11) is 0. The number of halogens is 2. The maximum absolute atomic E-state index is 6.44. The van der Waals surface area contributed by atoms with E-state index in [1.807, 2.05) is 30.3 Å². The smallest absolute Gasteiger partial charge is 0.0449 e. The molecule has 2 aromatic rings. The van der Waals surface area contributed by atoms with Gasteiger partial charge in [0.1, 0.15) is 0 Å². The van der Waals surface area contributed by atoms with Gasteiger partial charge in [-0.3, -0.25) is 0 Å². The van der Waals surface area contributed by atoms with E-state index in [1.54, 1.807) is 11.8 Å². The maximum Gasteiger partial charge on any atom is 0.0449 e. The fourth-order valence-corrected chi connectivity index (χ4v) is 3.83. The third kappa shape index (κ3) is 6.04. The van der Waals surface area contributed by atoms with Gasteiger partial charge in [0.2, 0.25) is 0 Å². The first-order valence-corrected chi connectivity index (χ1v) is 9.47. The molecule has 0 saturated heterocycles. The predicted octanol–water partition coefficient (Wildman–Crippen LogP) is 6.59. The highest BCUT2D eigenvalue weighted by molar-refractivity contribution is 7.99. The van der Waals surface area contributed by atoms with Crippen molar-refractivity contribution < 1.29 is 0 Å². The lowest BCUT2D eigenvalue weighted by Crippen LogP contribution is -2.35. The van der Waals surface area contributed by atoms with Gasteiger partial charge in [-0.1, -0.05) is 54.0 Å². The highest BCUT2D eigenvalue weighted by atomic mass is 35.5. The van der Waals surface area contributed by atoms with Crippen molar-refractivity contribution in [3.8, 4) is 0 Å². The van der Waals surface area contributed by atoms with Crippen molar-refractivity contribution in [1.82, 2.24) is 0 Å². The number of rotatable bonds is 7. The Morgan fingerprint density at radius 2 is 1.83 bits per heavy atom. The van der Waals surface area contributed by atoms with E-state index >= 15 is 0 Å². The fraction of sp³-hybridized carbons (Fsp3) is 0.368. The molecule has 0 aliphatic rings. The van der Waals surface area contributed by atoms with Crippen molar-refractivity contribution in [2.75, 3.05) is 0 Å². The Labute approximate surface area is 153 Å². The zero-order valence-electron chi connectivity index (χ0n) is 13.6. The molecule has 0 heterocycles. The van der Waals surface area contributed by atoms with Crippen LogP contribution in [0, 0.1) is 0 Å². The van der Waals surface area contributed by atoms with E-state index in [2.05, 4.69) is 26.0 Å². The topological polar surface area (TPSA) is 26.0 Å².